The summed E-state index contributed by atoms with van der Waals surface area (Å²) >= 11 is 0. The van der Waals surface area contributed by atoms with Crippen LogP contribution in [0.4, 0.5) is 17.6 Å². The average Bonchev–Trinajstić information content (AvgIpc) is 2.51. The van der Waals surface area contributed by atoms with Crippen LogP contribution in [0.5, 0.6) is 0 Å². The fourth-order valence-electron chi connectivity index (χ4n) is 2.41. The van der Waals surface area contributed by atoms with E-state index in [1.54, 1.807) is 0 Å². The van der Waals surface area contributed by atoms with Crippen LogP contribution in [0.1, 0.15) is 38.8 Å². The molecule has 8 heteroatoms. The van der Waals surface area contributed by atoms with Crippen molar-refractivity contribution in [3.63, 3.8) is 0 Å². The van der Waals surface area contributed by atoms with Gasteiger partial charge >= 0.3 is 0 Å². The first-order chi connectivity index (χ1) is 11.9. The van der Waals surface area contributed by atoms with E-state index in [9.17, 15) is 37.4 Å². The van der Waals surface area contributed by atoms with Crippen LogP contribution < -0.4 is 0 Å². The third-order valence-electron chi connectivity index (χ3n) is 3.88. The summed E-state index contributed by atoms with van der Waals surface area (Å²) in [4.78, 5) is 23.0. The third-order valence-corrected chi connectivity index (χ3v) is 3.88. The molecule has 0 bridgehead atoms. The van der Waals surface area contributed by atoms with Gasteiger partial charge in [-0.15, -0.1) is 0 Å². The molecule has 1 aromatic carbocycles. The Morgan fingerprint density at radius 2 is 0.962 bits per heavy atom. The minimum absolute atomic E-state index is 0.375. The molecule has 0 heterocycles. The van der Waals surface area contributed by atoms with Crippen molar-refractivity contribution in [2.45, 2.75) is 40.5 Å². The van der Waals surface area contributed by atoms with Crippen molar-refractivity contribution in [2.75, 3.05) is 0 Å². The topological polar surface area (TPSA) is 74.6 Å². The maximum absolute atomic E-state index is 14.7. The number of allylic oxidation sites excluding steroid dienone is 4. The van der Waals surface area contributed by atoms with E-state index in [2.05, 4.69) is 0 Å². The number of carbonyl (C=O) groups is 2. The predicted molar refractivity (Wildman–Crippen MR) is 85.7 cm³/mol. The van der Waals surface area contributed by atoms with Crippen LogP contribution in [0.2, 0.25) is 0 Å². The third kappa shape index (κ3) is 4.30. The molecule has 0 aromatic heterocycles. The van der Waals surface area contributed by atoms with Gasteiger partial charge in [0, 0.05) is 35.1 Å². The van der Waals surface area contributed by atoms with Gasteiger partial charge in [-0.1, -0.05) is 0 Å². The number of aliphatic hydroxyl groups excluding tert-OH is 2. The highest BCUT2D eigenvalue weighted by molar-refractivity contribution is 5.94. The normalized spacial score (nSPS) is 13.2. The highest BCUT2D eigenvalue weighted by atomic mass is 19.2. The van der Waals surface area contributed by atoms with Crippen LogP contribution in [-0.4, -0.2) is 21.8 Å². The largest absolute Gasteiger partial charge is 0.512 e. The molecule has 0 amide bonds. The summed E-state index contributed by atoms with van der Waals surface area (Å²) in [6, 6.07) is 0. The lowest BCUT2D eigenvalue weighted by atomic mass is 9.94. The molecule has 0 aliphatic carbocycles. The Balaban J connectivity index is 3.65. The highest BCUT2D eigenvalue weighted by Gasteiger charge is 2.28. The molecule has 26 heavy (non-hydrogen) atoms. The number of ketones is 2. The summed E-state index contributed by atoms with van der Waals surface area (Å²) in [6.45, 7) is 4.30. The molecule has 0 fully saturated rings. The van der Waals surface area contributed by atoms with E-state index in [-0.39, 0.29) is 11.1 Å². The standard InChI is InChI=1S/C18H18F4O4/c1-7(23)11(8(2)24)5-13-15(19)14(17(21)18(22)16(13)20)6-12(9(3)25)10(4)26/h23,25H,5-6H2,1-4H3/b11-7-,12-9-. The Kier molecular flexibility index (Phi) is 6.72. The van der Waals surface area contributed by atoms with Crippen LogP contribution in [0, 0.1) is 23.3 Å². The number of halogens is 4. The Labute approximate surface area is 147 Å². The summed E-state index contributed by atoms with van der Waals surface area (Å²) in [5.41, 5.74) is -2.67. The monoisotopic (exact) mass is 374 g/mol. The second-order valence-corrected chi connectivity index (χ2v) is 5.81. The quantitative estimate of drug-likeness (QED) is 0.258. The Morgan fingerprint density at radius 1 is 0.654 bits per heavy atom. The number of aliphatic hydroxyl groups is 2. The zero-order chi connectivity index (χ0) is 20.3. The zero-order valence-corrected chi connectivity index (χ0v) is 14.6. The predicted octanol–water partition coefficient (Wildman–Crippen LogP) is 4.17. The van der Waals surface area contributed by atoms with Gasteiger partial charge in [-0.25, -0.2) is 17.6 Å². The van der Waals surface area contributed by atoms with E-state index < -0.39 is 70.3 Å². The number of Topliss-reactive ketones (excluding diaryl/α,β-unsaturated/α-hetero) is 2. The van der Waals surface area contributed by atoms with Crippen LogP contribution in [-0.2, 0) is 22.4 Å². The lowest BCUT2D eigenvalue weighted by Crippen LogP contribution is -2.15. The maximum atomic E-state index is 14.7. The molecule has 4 nitrogen and oxygen atoms in total. The van der Waals surface area contributed by atoms with E-state index in [0.717, 1.165) is 27.7 Å². The lowest BCUT2D eigenvalue weighted by molar-refractivity contribution is -0.114. The maximum Gasteiger partial charge on any atom is 0.195 e. The molecule has 0 atom stereocenters. The Hall–Kier alpha value is -2.64. The minimum Gasteiger partial charge on any atom is -0.512 e. The summed E-state index contributed by atoms with van der Waals surface area (Å²) in [5.74, 6) is -9.59. The van der Waals surface area contributed by atoms with Crippen molar-refractivity contribution >= 4 is 11.6 Å². The van der Waals surface area contributed by atoms with E-state index in [1.165, 1.54) is 0 Å². The molecule has 0 saturated carbocycles. The van der Waals surface area contributed by atoms with Crippen molar-refractivity contribution < 1.29 is 37.4 Å². The minimum atomic E-state index is -1.98. The molecular formula is C18H18F4O4. The van der Waals surface area contributed by atoms with Crippen LogP contribution in [0.15, 0.2) is 22.7 Å². The molecule has 0 saturated heterocycles. The summed E-state index contributed by atoms with van der Waals surface area (Å²) in [7, 11) is 0. The van der Waals surface area contributed by atoms with Crippen molar-refractivity contribution in [1.29, 1.82) is 0 Å². The first-order valence-corrected chi connectivity index (χ1v) is 7.53. The van der Waals surface area contributed by atoms with Crippen molar-refractivity contribution in [3.8, 4) is 0 Å². The SMILES string of the molecule is CC(=O)/C(Cc1c(F)c(F)c(F)c(C/C(C(C)=O)=C(\C)O)c1F)=C(/C)O. The van der Waals surface area contributed by atoms with Crippen LogP contribution in [0.3, 0.4) is 0 Å². The molecule has 0 radical (unpaired) electrons. The second-order valence-electron chi connectivity index (χ2n) is 5.81. The number of hydrogen-bond acceptors (Lipinski definition) is 4. The molecule has 1 rings (SSSR count). The first kappa shape index (κ1) is 21.4. The van der Waals surface area contributed by atoms with Crippen molar-refractivity contribution in [3.05, 3.63) is 57.1 Å². The van der Waals surface area contributed by atoms with Crippen LogP contribution in [0.25, 0.3) is 0 Å². The molecule has 1 aromatic rings. The van der Waals surface area contributed by atoms with Gasteiger partial charge in [0.1, 0.15) is 5.82 Å². The number of rotatable bonds is 6. The lowest BCUT2D eigenvalue weighted by Gasteiger charge is -2.14. The van der Waals surface area contributed by atoms with Gasteiger partial charge in [0.05, 0.1) is 11.5 Å². The molecule has 0 aliphatic rings. The molecular weight excluding hydrogens is 356 g/mol. The fraction of sp³-hybridized carbons (Fsp3) is 0.333. The molecule has 0 aliphatic heterocycles. The molecule has 2 N–H and O–H groups in total. The van der Waals surface area contributed by atoms with E-state index in [4.69, 9.17) is 0 Å². The Bertz CT molecular complexity index is 765. The van der Waals surface area contributed by atoms with E-state index in [1.807, 2.05) is 0 Å². The van der Waals surface area contributed by atoms with E-state index >= 15 is 0 Å². The average molecular weight is 374 g/mol. The van der Waals surface area contributed by atoms with Gasteiger partial charge in [0.25, 0.3) is 0 Å². The van der Waals surface area contributed by atoms with Gasteiger partial charge < -0.3 is 10.2 Å². The van der Waals surface area contributed by atoms with Gasteiger partial charge in [0.15, 0.2) is 29.0 Å². The van der Waals surface area contributed by atoms with E-state index in [0.29, 0.717) is 0 Å². The summed E-state index contributed by atoms with van der Waals surface area (Å²) < 4.78 is 56.7. The van der Waals surface area contributed by atoms with Crippen LogP contribution >= 0.6 is 0 Å². The molecule has 142 valence electrons. The number of carbonyl (C=O) groups excluding carboxylic acids is 2. The smallest absolute Gasteiger partial charge is 0.195 e. The molecule has 0 unspecified atom stereocenters. The van der Waals surface area contributed by atoms with Crippen molar-refractivity contribution in [2.24, 2.45) is 0 Å². The Morgan fingerprint density at radius 3 is 1.19 bits per heavy atom. The van der Waals surface area contributed by atoms with Gasteiger partial charge in [-0.05, 0) is 27.7 Å². The zero-order valence-electron chi connectivity index (χ0n) is 14.6. The number of benzene rings is 1. The summed E-state index contributed by atoms with van der Waals surface area (Å²) in [6.07, 6.45) is -1.62. The second kappa shape index (κ2) is 8.16. The van der Waals surface area contributed by atoms with Crippen molar-refractivity contribution in [1.82, 2.24) is 0 Å². The number of hydrogen-bond donors (Lipinski definition) is 2. The van der Waals surface area contributed by atoms with Gasteiger partial charge in [-0.3, -0.25) is 9.59 Å². The van der Waals surface area contributed by atoms with Gasteiger partial charge in [0.2, 0.25) is 0 Å². The fourth-order valence-corrected chi connectivity index (χ4v) is 2.41. The first-order valence-electron chi connectivity index (χ1n) is 7.53. The highest BCUT2D eigenvalue weighted by Crippen LogP contribution is 2.29. The van der Waals surface area contributed by atoms with Gasteiger partial charge in [-0.2, -0.15) is 0 Å². The molecule has 0 spiro atoms. The summed E-state index contributed by atoms with van der Waals surface area (Å²) in [5, 5.41) is 18.9.